The Labute approximate surface area is 126 Å². The molecular weight excluding hydrogens is 296 g/mol. The van der Waals surface area contributed by atoms with Crippen molar-refractivity contribution < 1.29 is 13.3 Å². The number of piperazine rings is 1. The van der Waals surface area contributed by atoms with Gasteiger partial charge in [-0.05, 0) is 37.6 Å². The van der Waals surface area contributed by atoms with Crippen LogP contribution in [0.5, 0.6) is 0 Å². The smallest absolute Gasteiger partial charge is 0.243 e. The summed E-state index contributed by atoms with van der Waals surface area (Å²) in [5.41, 5.74) is 0. The van der Waals surface area contributed by atoms with Gasteiger partial charge in [-0.1, -0.05) is 18.5 Å². The summed E-state index contributed by atoms with van der Waals surface area (Å²) < 4.78 is 26.6. The van der Waals surface area contributed by atoms with Crippen LogP contribution in [0.2, 0.25) is 5.02 Å². The fourth-order valence-corrected chi connectivity index (χ4v) is 4.12. The van der Waals surface area contributed by atoms with Crippen molar-refractivity contribution in [1.82, 2.24) is 4.31 Å². The average molecular weight is 318 g/mol. The quantitative estimate of drug-likeness (QED) is 0.901. The van der Waals surface area contributed by atoms with E-state index >= 15 is 0 Å². The molecule has 1 fully saturated rings. The van der Waals surface area contributed by atoms with E-state index in [1.807, 2.05) is 0 Å². The summed E-state index contributed by atoms with van der Waals surface area (Å²) in [7, 11) is -3.37. The predicted octanol–water partition coefficient (Wildman–Crippen LogP) is 1.03. The molecule has 0 spiro atoms. The maximum Gasteiger partial charge on any atom is 0.243 e. The second-order valence-corrected chi connectivity index (χ2v) is 7.70. The molecule has 4 nitrogen and oxygen atoms in total. The second kappa shape index (κ2) is 6.43. The van der Waals surface area contributed by atoms with Gasteiger partial charge in [-0.2, -0.15) is 4.31 Å². The highest BCUT2D eigenvalue weighted by molar-refractivity contribution is 7.89. The van der Waals surface area contributed by atoms with Gasteiger partial charge in [0.05, 0.1) is 37.1 Å². The van der Waals surface area contributed by atoms with Crippen LogP contribution in [-0.4, -0.2) is 44.9 Å². The summed E-state index contributed by atoms with van der Waals surface area (Å²) in [6.07, 6.45) is 1.12. The number of quaternary nitrogens is 1. The highest BCUT2D eigenvalue weighted by atomic mass is 35.5. The lowest BCUT2D eigenvalue weighted by Gasteiger charge is -2.34. The number of nitrogens with zero attached hydrogens (tertiary/aromatic N) is 1. The molecule has 2 rings (SSSR count). The molecule has 112 valence electrons. The van der Waals surface area contributed by atoms with Gasteiger partial charge in [0, 0.05) is 5.02 Å². The van der Waals surface area contributed by atoms with Crippen LogP contribution in [-0.2, 0) is 10.0 Å². The molecule has 0 unspecified atom stereocenters. The van der Waals surface area contributed by atoms with Crippen molar-refractivity contribution in [3.05, 3.63) is 29.3 Å². The van der Waals surface area contributed by atoms with Crippen molar-refractivity contribution in [3.63, 3.8) is 0 Å². The van der Waals surface area contributed by atoms with Gasteiger partial charge in [-0.25, -0.2) is 8.42 Å². The summed E-state index contributed by atoms with van der Waals surface area (Å²) in [6.45, 7) is 7.33. The zero-order chi connectivity index (χ0) is 14.8. The van der Waals surface area contributed by atoms with Crippen LogP contribution in [0.1, 0.15) is 20.3 Å². The first-order valence-corrected chi connectivity index (χ1v) is 8.87. The van der Waals surface area contributed by atoms with Crippen molar-refractivity contribution >= 4 is 21.6 Å². The minimum Gasteiger partial charge on any atom is -0.331 e. The molecule has 1 aromatic carbocycles. The van der Waals surface area contributed by atoms with Crippen LogP contribution >= 0.6 is 11.6 Å². The molecule has 0 bridgehead atoms. The molecule has 0 aromatic heterocycles. The van der Waals surface area contributed by atoms with Crippen LogP contribution in [0.3, 0.4) is 0 Å². The van der Waals surface area contributed by atoms with E-state index < -0.39 is 10.0 Å². The van der Waals surface area contributed by atoms with Crippen LogP contribution in [0.25, 0.3) is 0 Å². The third-order valence-corrected chi connectivity index (χ3v) is 6.29. The SMILES string of the molecule is CC[C@@H](C)[NH+]1CCN(S(=O)(=O)c2ccc(Cl)cc2)CC1. The first-order chi connectivity index (χ1) is 9.45. The summed E-state index contributed by atoms with van der Waals surface area (Å²) in [6, 6.07) is 6.98. The van der Waals surface area contributed by atoms with Gasteiger partial charge in [0.15, 0.2) is 0 Å². The number of benzene rings is 1. The molecule has 0 saturated carbocycles. The summed E-state index contributed by atoms with van der Waals surface area (Å²) in [5, 5.41) is 0.551. The average Bonchev–Trinajstić information content (AvgIpc) is 2.47. The number of sulfonamides is 1. The molecule has 1 aliphatic heterocycles. The third kappa shape index (κ3) is 3.34. The van der Waals surface area contributed by atoms with Crippen molar-refractivity contribution in [2.45, 2.75) is 31.2 Å². The monoisotopic (exact) mass is 317 g/mol. The highest BCUT2D eigenvalue weighted by Gasteiger charge is 2.31. The Bertz CT molecular complexity index is 537. The Balaban J connectivity index is 2.07. The first-order valence-electron chi connectivity index (χ1n) is 7.05. The Hall–Kier alpha value is -0.620. The van der Waals surface area contributed by atoms with Crippen LogP contribution in [0.4, 0.5) is 0 Å². The van der Waals surface area contributed by atoms with E-state index in [0.717, 1.165) is 19.5 Å². The molecule has 1 saturated heterocycles. The molecule has 1 aliphatic rings. The van der Waals surface area contributed by atoms with E-state index in [-0.39, 0.29) is 0 Å². The minimum atomic E-state index is -3.37. The van der Waals surface area contributed by atoms with Gasteiger partial charge in [-0.3, -0.25) is 0 Å². The molecule has 0 aliphatic carbocycles. The summed E-state index contributed by atoms with van der Waals surface area (Å²) >= 11 is 5.81. The zero-order valence-corrected chi connectivity index (χ0v) is 13.5. The minimum absolute atomic E-state index is 0.328. The van der Waals surface area contributed by atoms with Gasteiger partial charge in [0.25, 0.3) is 0 Å². The molecule has 1 atom stereocenters. The van der Waals surface area contributed by atoms with Crippen molar-refractivity contribution in [3.8, 4) is 0 Å². The molecule has 1 aromatic rings. The van der Waals surface area contributed by atoms with E-state index in [2.05, 4.69) is 13.8 Å². The van der Waals surface area contributed by atoms with E-state index in [4.69, 9.17) is 11.6 Å². The third-order valence-electron chi connectivity index (χ3n) is 4.13. The maximum absolute atomic E-state index is 12.5. The zero-order valence-electron chi connectivity index (χ0n) is 12.0. The largest absolute Gasteiger partial charge is 0.331 e. The highest BCUT2D eigenvalue weighted by Crippen LogP contribution is 2.18. The number of hydrogen-bond acceptors (Lipinski definition) is 2. The lowest BCUT2D eigenvalue weighted by atomic mass is 10.2. The van der Waals surface area contributed by atoms with E-state index in [1.165, 1.54) is 4.90 Å². The maximum atomic E-state index is 12.5. The number of nitrogens with one attached hydrogen (secondary N) is 1. The first kappa shape index (κ1) is 15.8. The van der Waals surface area contributed by atoms with E-state index in [9.17, 15) is 8.42 Å². The summed E-state index contributed by atoms with van der Waals surface area (Å²) in [4.78, 5) is 1.82. The molecule has 0 radical (unpaired) electrons. The normalized spacial score (nSPS) is 19.9. The lowest BCUT2D eigenvalue weighted by Crippen LogP contribution is -3.17. The summed E-state index contributed by atoms with van der Waals surface area (Å²) in [5.74, 6) is 0. The fraction of sp³-hybridized carbons (Fsp3) is 0.571. The van der Waals surface area contributed by atoms with Gasteiger partial charge in [-0.15, -0.1) is 0 Å². The van der Waals surface area contributed by atoms with Gasteiger partial charge >= 0.3 is 0 Å². The van der Waals surface area contributed by atoms with Gasteiger partial charge < -0.3 is 4.90 Å². The Kier molecular flexibility index (Phi) is 5.07. The fourth-order valence-electron chi connectivity index (χ4n) is 2.55. The topological polar surface area (TPSA) is 41.8 Å². The number of hydrogen-bond donors (Lipinski definition) is 1. The van der Waals surface area contributed by atoms with Crippen LogP contribution < -0.4 is 4.90 Å². The lowest BCUT2D eigenvalue weighted by molar-refractivity contribution is -0.927. The van der Waals surface area contributed by atoms with Crippen molar-refractivity contribution in [2.75, 3.05) is 26.2 Å². The number of rotatable bonds is 4. The molecule has 20 heavy (non-hydrogen) atoms. The van der Waals surface area contributed by atoms with E-state index in [1.54, 1.807) is 28.6 Å². The number of halogens is 1. The van der Waals surface area contributed by atoms with Gasteiger partial charge in [0.2, 0.25) is 10.0 Å². The molecule has 6 heteroatoms. The standard InChI is InChI=1S/C14H21ClN2O2S/c1-3-12(2)16-8-10-17(11-9-16)20(18,19)14-6-4-13(15)5-7-14/h4-7,12H,3,8-11H2,1-2H3/p+1/t12-/m1/s1. The van der Waals surface area contributed by atoms with E-state index in [0.29, 0.717) is 29.0 Å². The molecule has 0 amide bonds. The molecule has 1 N–H and O–H groups in total. The Morgan fingerprint density at radius 1 is 1.25 bits per heavy atom. The molecular formula is C14H22ClN2O2S+. The van der Waals surface area contributed by atoms with Crippen molar-refractivity contribution in [1.29, 1.82) is 0 Å². The van der Waals surface area contributed by atoms with Gasteiger partial charge in [0.1, 0.15) is 0 Å². The van der Waals surface area contributed by atoms with Crippen LogP contribution in [0.15, 0.2) is 29.2 Å². The van der Waals surface area contributed by atoms with Crippen LogP contribution in [0, 0.1) is 0 Å². The Morgan fingerprint density at radius 3 is 2.30 bits per heavy atom. The van der Waals surface area contributed by atoms with Crippen molar-refractivity contribution in [2.24, 2.45) is 0 Å². The molecule has 1 heterocycles. The predicted molar refractivity (Wildman–Crippen MR) is 80.7 cm³/mol. The second-order valence-electron chi connectivity index (χ2n) is 5.33. The Morgan fingerprint density at radius 2 is 1.80 bits per heavy atom.